The molecule has 1 aromatic heterocycles. The van der Waals surface area contributed by atoms with E-state index in [0.29, 0.717) is 18.2 Å². The van der Waals surface area contributed by atoms with Crippen molar-refractivity contribution in [3.63, 3.8) is 0 Å². The summed E-state index contributed by atoms with van der Waals surface area (Å²) < 4.78 is 6.46. The summed E-state index contributed by atoms with van der Waals surface area (Å²) in [7, 11) is 0. The van der Waals surface area contributed by atoms with Gasteiger partial charge in [0, 0.05) is 21.9 Å². The summed E-state index contributed by atoms with van der Waals surface area (Å²) in [4.78, 5) is 9.96. The zero-order valence-electron chi connectivity index (χ0n) is 24.5. The number of aliphatic imine (C=N–C) groups is 2. The van der Waals surface area contributed by atoms with Crippen LogP contribution in [0.5, 0.6) is 0 Å². The van der Waals surface area contributed by atoms with Crippen LogP contribution in [-0.4, -0.2) is 11.7 Å². The Morgan fingerprint density at radius 3 is 2.02 bits per heavy atom. The average Bonchev–Trinajstić information content (AvgIpc) is 3.48. The summed E-state index contributed by atoms with van der Waals surface area (Å²) in [5.41, 5.74) is 13.5. The molecule has 0 aliphatic rings. The highest BCUT2D eigenvalue weighted by Crippen LogP contribution is 2.39. The Hall–Kier alpha value is -6.00. The van der Waals surface area contributed by atoms with E-state index in [1.54, 1.807) is 0 Å². The van der Waals surface area contributed by atoms with Crippen molar-refractivity contribution in [3.8, 4) is 11.1 Å². The monoisotopic (exact) mass is 579 g/mol. The van der Waals surface area contributed by atoms with Gasteiger partial charge in [0.05, 0.1) is 6.54 Å². The lowest BCUT2D eigenvalue weighted by molar-refractivity contribution is 0.669. The molecule has 0 atom stereocenters. The largest absolute Gasteiger partial charge is 0.456 e. The number of rotatable bonds is 5. The van der Waals surface area contributed by atoms with Crippen molar-refractivity contribution in [2.24, 2.45) is 15.7 Å². The van der Waals surface area contributed by atoms with Gasteiger partial charge in [-0.3, -0.25) is 4.99 Å². The van der Waals surface area contributed by atoms with E-state index in [2.05, 4.69) is 84.9 Å². The minimum atomic E-state index is 0.383. The standard InChI is InChI=1S/C41H29N3O/c42-40(44-41(28-15-5-2-6-16-28)43-26-27-13-3-1-4-14-27)36-24-30(25-38-39(36)34-21-11-12-22-37(34)45-38)35-23-29-17-7-8-18-31(29)32-19-9-10-20-33(32)35/h1-25H,26H2,(H2,42,43,44). The second-order valence-corrected chi connectivity index (χ2v) is 11.2. The SMILES string of the molecule is NC(=NC(=NCc1ccccc1)c1ccccc1)c1cc(-c2cc3ccccc3c3ccccc23)cc2oc3ccccc3c12. The van der Waals surface area contributed by atoms with Crippen molar-refractivity contribution in [1.29, 1.82) is 0 Å². The Bertz CT molecular complexity index is 2400. The molecule has 45 heavy (non-hydrogen) atoms. The highest BCUT2D eigenvalue weighted by atomic mass is 16.3. The highest BCUT2D eigenvalue weighted by molar-refractivity contribution is 6.22. The number of hydrogen-bond acceptors (Lipinski definition) is 2. The van der Waals surface area contributed by atoms with Crippen molar-refractivity contribution in [2.45, 2.75) is 6.54 Å². The normalized spacial score (nSPS) is 12.4. The molecule has 0 radical (unpaired) electrons. The molecule has 0 aliphatic carbocycles. The fourth-order valence-corrected chi connectivity index (χ4v) is 6.21. The molecule has 4 nitrogen and oxygen atoms in total. The van der Waals surface area contributed by atoms with Crippen LogP contribution in [0, 0.1) is 0 Å². The molecule has 0 saturated carbocycles. The molecule has 1 heterocycles. The molecular weight excluding hydrogens is 550 g/mol. The zero-order chi connectivity index (χ0) is 30.2. The quantitative estimate of drug-likeness (QED) is 0.125. The van der Waals surface area contributed by atoms with Crippen LogP contribution < -0.4 is 5.73 Å². The lowest BCUT2D eigenvalue weighted by Crippen LogP contribution is -2.17. The van der Waals surface area contributed by atoms with Gasteiger partial charge in [0.15, 0.2) is 5.84 Å². The summed E-state index contributed by atoms with van der Waals surface area (Å²) in [6.45, 7) is 0.495. The van der Waals surface area contributed by atoms with Crippen molar-refractivity contribution in [2.75, 3.05) is 0 Å². The number of furan rings is 1. The van der Waals surface area contributed by atoms with E-state index in [0.717, 1.165) is 49.8 Å². The Morgan fingerprint density at radius 1 is 0.578 bits per heavy atom. The van der Waals surface area contributed by atoms with Crippen LogP contribution in [0.25, 0.3) is 54.6 Å². The molecule has 0 fully saturated rings. The van der Waals surface area contributed by atoms with Gasteiger partial charge in [-0.2, -0.15) is 0 Å². The zero-order valence-corrected chi connectivity index (χ0v) is 24.5. The number of para-hydroxylation sites is 1. The molecule has 7 aromatic carbocycles. The van der Waals surface area contributed by atoms with Crippen LogP contribution in [-0.2, 0) is 6.54 Å². The Balaban J connectivity index is 1.37. The minimum absolute atomic E-state index is 0.383. The Labute approximate surface area is 260 Å². The molecule has 0 aliphatic heterocycles. The average molecular weight is 580 g/mol. The van der Waals surface area contributed by atoms with Gasteiger partial charge in [0.1, 0.15) is 17.0 Å². The van der Waals surface area contributed by atoms with Crippen molar-refractivity contribution < 1.29 is 4.42 Å². The third kappa shape index (κ3) is 4.92. The number of benzene rings is 7. The van der Waals surface area contributed by atoms with E-state index in [-0.39, 0.29) is 0 Å². The van der Waals surface area contributed by atoms with Gasteiger partial charge in [0.25, 0.3) is 0 Å². The number of fused-ring (bicyclic) bond motifs is 6. The van der Waals surface area contributed by atoms with Gasteiger partial charge in [0.2, 0.25) is 0 Å². The van der Waals surface area contributed by atoms with Gasteiger partial charge in [-0.25, -0.2) is 4.99 Å². The molecule has 0 amide bonds. The summed E-state index contributed by atoms with van der Waals surface area (Å²) in [6, 6.07) is 51.9. The van der Waals surface area contributed by atoms with Gasteiger partial charge < -0.3 is 10.2 Å². The number of amidine groups is 2. The second kappa shape index (κ2) is 11.3. The first kappa shape index (κ1) is 26.6. The van der Waals surface area contributed by atoms with Crippen LogP contribution in [0.1, 0.15) is 16.7 Å². The number of nitrogens with zero attached hydrogens (tertiary/aromatic N) is 2. The van der Waals surface area contributed by atoms with Crippen LogP contribution >= 0.6 is 0 Å². The molecule has 214 valence electrons. The van der Waals surface area contributed by atoms with E-state index in [1.807, 2.05) is 66.7 Å². The molecule has 8 aromatic rings. The van der Waals surface area contributed by atoms with Crippen LogP contribution in [0.15, 0.2) is 166 Å². The van der Waals surface area contributed by atoms with E-state index >= 15 is 0 Å². The maximum absolute atomic E-state index is 7.00. The maximum Gasteiger partial charge on any atom is 0.157 e. The lowest BCUT2D eigenvalue weighted by atomic mass is 9.91. The van der Waals surface area contributed by atoms with Crippen LogP contribution in [0.4, 0.5) is 0 Å². The highest BCUT2D eigenvalue weighted by Gasteiger charge is 2.18. The second-order valence-electron chi connectivity index (χ2n) is 11.2. The summed E-state index contributed by atoms with van der Waals surface area (Å²) in [6.07, 6.45) is 0. The summed E-state index contributed by atoms with van der Waals surface area (Å²) in [5, 5.41) is 6.72. The van der Waals surface area contributed by atoms with Crippen molar-refractivity contribution in [1.82, 2.24) is 0 Å². The predicted molar refractivity (Wildman–Crippen MR) is 188 cm³/mol. The lowest BCUT2D eigenvalue weighted by Gasteiger charge is -2.13. The number of hydrogen-bond donors (Lipinski definition) is 1. The van der Waals surface area contributed by atoms with Crippen molar-refractivity contribution in [3.05, 3.63) is 168 Å². The minimum Gasteiger partial charge on any atom is -0.456 e. The fourth-order valence-electron chi connectivity index (χ4n) is 6.21. The van der Waals surface area contributed by atoms with Crippen LogP contribution in [0.3, 0.4) is 0 Å². The van der Waals surface area contributed by atoms with Crippen molar-refractivity contribution >= 4 is 55.2 Å². The summed E-state index contributed by atoms with van der Waals surface area (Å²) in [5.74, 6) is 0.966. The first-order chi connectivity index (χ1) is 22.2. The van der Waals surface area contributed by atoms with E-state index < -0.39 is 0 Å². The number of nitrogens with two attached hydrogens (primary N) is 1. The first-order valence-electron chi connectivity index (χ1n) is 15.1. The third-order valence-electron chi connectivity index (χ3n) is 8.35. The molecule has 8 rings (SSSR count). The smallest absolute Gasteiger partial charge is 0.157 e. The van der Waals surface area contributed by atoms with Crippen LogP contribution in [0.2, 0.25) is 0 Å². The Morgan fingerprint density at radius 2 is 1.22 bits per heavy atom. The summed E-state index contributed by atoms with van der Waals surface area (Å²) >= 11 is 0. The van der Waals surface area contributed by atoms with Gasteiger partial charge >= 0.3 is 0 Å². The van der Waals surface area contributed by atoms with Gasteiger partial charge in [-0.05, 0) is 62.5 Å². The molecular formula is C41H29N3O. The Kier molecular flexibility index (Phi) is 6.65. The molecule has 2 N–H and O–H groups in total. The molecule has 0 saturated heterocycles. The van der Waals surface area contributed by atoms with E-state index in [4.69, 9.17) is 20.1 Å². The molecule has 0 unspecified atom stereocenters. The van der Waals surface area contributed by atoms with E-state index in [9.17, 15) is 0 Å². The van der Waals surface area contributed by atoms with Gasteiger partial charge in [-0.1, -0.05) is 127 Å². The molecule has 0 spiro atoms. The topological polar surface area (TPSA) is 63.9 Å². The molecule has 4 heteroatoms. The fraction of sp³-hybridized carbons (Fsp3) is 0.0244. The van der Waals surface area contributed by atoms with E-state index in [1.165, 1.54) is 21.5 Å². The first-order valence-corrected chi connectivity index (χ1v) is 15.1. The third-order valence-corrected chi connectivity index (χ3v) is 8.35. The maximum atomic E-state index is 7.00. The van der Waals surface area contributed by atoms with Gasteiger partial charge in [-0.15, -0.1) is 0 Å². The predicted octanol–water partition coefficient (Wildman–Crippen LogP) is 9.91. The molecule has 0 bridgehead atoms.